The lowest BCUT2D eigenvalue weighted by Crippen LogP contribution is -2.25. The average Bonchev–Trinajstić information content (AvgIpc) is 3.31. The molecular weight excluding hydrogens is 765 g/mol. The van der Waals surface area contributed by atoms with Crippen molar-refractivity contribution in [2.24, 2.45) is 0 Å². The second-order valence-corrected chi connectivity index (χ2v) is 19.1. The van der Waals surface area contributed by atoms with Crippen LogP contribution in [0.2, 0.25) is 0 Å². The highest BCUT2D eigenvalue weighted by molar-refractivity contribution is 7.99. The van der Waals surface area contributed by atoms with Crippen molar-refractivity contribution in [1.82, 2.24) is 0 Å². The first-order chi connectivity index (χ1) is 30.2. The fourth-order valence-electron chi connectivity index (χ4n) is 9.76. The van der Waals surface area contributed by atoms with E-state index >= 15 is 0 Å². The fraction of sp³-hybridized carbons (Fsp3) is 0.115. The molecular formula is C61H50S. The number of hydrogen-bond acceptors (Lipinski definition) is 1. The van der Waals surface area contributed by atoms with Crippen LogP contribution in [0.1, 0.15) is 51.3 Å². The van der Waals surface area contributed by atoms with Crippen molar-refractivity contribution < 1.29 is 0 Å². The van der Waals surface area contributed by atoms with Gasteiger partial charge in [-0.2, -0.15) is 0 Å². The number of fused-ring (bicyclic) bond motifs is 2. The lowest BCUT2D eigenvalue weighted by atomic mass is 9.73. The van der Waals surface area contributed by atoms with E-state index in [4.69, 9.17) is 0 Å². The van der Waals surface area contributed by atoms with E-state index in [-0.39, 0.29) is 10.8 Å². The predicted molar refractivity (Wildman–Crippen MR) is 266 cm³/mol. The Morgan fingerprint density at radius 1 is 0.323 bits per heavy atom. The van der Waals surface area contributed by atoms with E-state index in [1.165, 1.54) is 104 Å². The lowest BCUT2D eigenvalue weighted by Gasteiger charge is -2.37. The molecule has 0 saturated carbocycles. The first-order valence-electron chi connectivity index (χ1n) is 21.8. The zero-order valence-electron chi connectivity index (χ0n) is 36.1. The summed E-state index contributed by atoms with van der Waals surface area (Å²) >= 11 is 1.94. The van der Waals surface area contributed by atoms with Gasteiger partial charge in [-0.1, -0.05) is 247 Å². The topological polar surface area (TPSA) is 0 Å². The highest BCUT2D eigenvalue weighted by Gasteiger charge is 2.37. The SMILES string of the molecule is CC(C)(C)c1ccc2c(c1-c1cccc(-c3c(-c4ccccc4)c(-c4ccccc4)c(-c4ccccc4)c(-c4ccccc4)c3-c3ccccc3)c1)Sc1ccccc1C2(C)C. The molecule has 0 spiro atoms. The first kappa shape index (κ1) is 39.5. The minimum Gasteiger partial charge on any atom is -0.0888 e. The van der Waals surface area contributed by atoms with Crippen molar-refractivity contribution >= 4 is 11.8 Å². The fourth-order valence-corrected chi connectivity index (χ4v) is 11.3. The van der Waals surface area contributed by atoms with E-state index in [0.29, 0.717) is 0 Å². The molecule has 0 atom stereocenters. The van der Waals surface area contributed by atoms with Gasteiger partial charge in [0.25, 0.3) is 0 Å². The Bertz CT molecular complexity index is 2940. The molecule has 0 radical (unpaired) electrons. The second kappa shape index (κ2) is 16.0. The molecule has 9 aromatic carbocycles. The summed E-state index contributed by atoms with van der Waals surface area (Å²) < 4.78 is 0. The molecule has 0 N–H and O–H groups in total. The summed E-state index contributed by atoms with van der Waals surface area (Å²) in [5.41, 5.74) is 20.9. The predicted octanol–water partition coefficient (Wildman–Crippen LogP) is 17.4. The van der Waals surface area contributed by atoms with Gasteiger partial charge in [-0.3, -0.25) is 0 Å². The van der Waals surface area contributed by atoms with E-state index in [1.54, 1.807) is 0 Å². The van der Waals surface area contributed by atoms with Crippen LogP contribution < -0.4 is 0 Å². The van der Waals surface area contributed by atoms with Crippen molar-refractivity contribution in [3.63, 3.8) is 0 Å². The maximum Gasteiger partial charge on any atom is 0.0244 e. The van der Waals surface area contributed by atoms with Gasteiger partial charge in [0, 0.05) is 15.2 Å². The smallest absolute Gasteiger partial charge is 0.0244 e. The van der Waals surface area contributed by atoms with Gasteiger partial charge in [-0.05, 0) is 112 Å². The standard InChI is InChI=1S/C61H50S/c1-60(2,3)49-38-39-50-59(62-51-37-22-21-36-48(51)61(50,4)5)52(49)46-34-23-35-47(40-46)58-56(44-30-17-9-18-31-44)54(42-26-13-7-14-27-42)53(41-24-11-6-12-25-41)55(43-28-15-8-16-29-43)57(58)45-32-19-10-20-33-45/h6-40H,1-5H3. The summed E-state index contributed by atoms with van der Waals surface area (Å²) in [6.07, 6.45) is 0. The van der Waals surface area contributed by atoms with E-state index in [0.717, 1.165) is 0 Å². The monoisotopic (exact) mass is 814 g/mol. The summed E-state index contributed by atoms with van der Waals surface area (Å²) in [5.74, 6) is 0. The third-order valence-corrected chi connectivity index (χ3v) is 13.9. The van der Waals surface area contributed by atoms with Gasteiger partial charge in [0.1, 0.15) is 0 Å². The average molecular weight is 815 g/mol. The van der Waals surface area contributed by atoms with Crippen LogP contribution in [0.25, 0.3) is 77.9 Å². The Balaban J connectivity index is 1.39. The molecule has 1 aliphatic rings. The molecule has 0 amide bonds. The Hall–Kier alpha value is -6.67. The van der Waals surface area contributed by atoms with Gasteiger partial charge in [0.2, 0.25) is 0 Å². The lowest BCUT2D eigenvalue weighted by molar-refractivity contribution is 0.580. The Kier molecular flexibility index (Phi) is 10.2. The minimum absolute atomic E-state index is 0.0925. The van der Waals surface area contributed by atoms with E-state index in [9.17, 15) is 0 Å². The van der Waals surface area contributed by atoms with E-state index in [2.05, 4.69) is 247 Å². The molecule has 0 fully saturated rings. The van der Waals surface area contributed by atoms with Crippen LogP contribution in [0.15, 0.2) is 222 Å². The third-order valence-electron chi connectivity index (χ3n) is 12.7. The first-order valence-corrected chi connectivity index (χ1v) is 22.6. The van der Waals surface area contributed by atoms with Crippen molar-refractivity contribution in [3.8, 4) is 77.9 Å². The molecule has 62 heavy (non-hydrogen) atoms. The number of benzene rings is 9. The molecule has 0 bridgehead atoms. The quantitative estimate of drug-likeness (QED) is 0.154. The molecule has 300 valence electrons. The van der Waals surface area contributed by atoms with Crippen molar-refractivity contribution in [3.05, 3.63) is 229 Å². The highest BCUT2D eigenvalue weighted by atomic mass is 32.2. The third kappa shape index (κ3) is 6.91. The van der Waals surface area contributed by atoms with Crippen LogP contribution >= 0.6 is 11.8 Å². The van der Waals surface area contributed by atoms with Crippen molar-refractivity contribution in [2.45, 2.75) is 55.2 Å². The molecule has 1 heterocycles. The van der Waals surface area contributed by atoms with E-state index in [1.807, 2.05) is 11.8 Å². The molecule has 9 aromatic rings. The van der Waals surface area contributed by atoms with Crippen LogP contribution in [0.4, 0.5) is 0 Å². The van der Waals surface area contributed by atoms with Gasteiger partial charge < -0.3 is 0 Å². The van der Waals surface area contributed by atoms with Gasteiger partial charge in [0.05, 0.1) is 0 Å². The molecule has 0 saturated heterocycles. The van der Waals surface area contributed by atoms with Crippen molar-refractivity contribution in [1.29, 1.82) is 0 Å². The van der Waals surface area contributed by atoms with Gasteiger partial charge in [0.15, 0.2) is 0 Å². The normalized spacial score (nSPS) is 13.0. The van der Waals surface area contributed by atoms with Crippen molar-refractivity contribution in [2.75, 3.05) is 0 Å². The van der Waals surface area contributed by atoms with Crippen LogP contribution in [0, 0.1) is 0 Å². The van der Waals surface area contributed by atoms with Crippen LogP contribution in [0.5, 0.6) is 0 Å². The summed E-state index contributed by atoms with van der Waals surface area (Å²) in [5, 5.41) is 0. The maximum atomic E-state index is 2.50. The summed E-state index contributed by atoms with van der Waals surface area (Å²) in [6, 6.07) is 78.6. The Morgan fingerprint density at radius 3 is 1.06 bits per heavy atom. The molecule has 0 aromatic heterocycles. The van der Waals surface area contributed by atoms with E-state index < -0.39 is 0 Å². The molecule has 1 aliphatic heterocycles. The molecule has 0 unspecified atom stereocenters. The van der Waals surface area contributed by atoms with Gasteiger partial charge in [-0.15, -0.1) is 0 Å². The Morgan fingerprint density at radius 2 is 0.661 bits per heavy atom. The summed E-state index contributed by atoms with van der Waals surface area (Å²) in [7, 11) is 0. The molecule has 10 rings (SSSR count). The second-order valence-electron chi connectivity index (χ2n) is 18.0. The summed E-state index contributed by atoms with van der Waals surface area (Å²) in [6.45, 7) is 11.9. The zero-order chi connectivity index (χ0) is 42.4. The molecule has 0 aliphatic carbocycles. The van der Waals surface area contributed by atoms with Gasteiger partial charge in [-0.25, -0.2) is 0 Å². The number of rotatable bonds is 7. The van der Waals surface area contributed by atoms with Gasteiger partial charge >= 0.3 is 0 Å². The summed E-state index contributed by atoms with van der Waals surface area (Å²) in [4.78, 5) is 2.70. The number of hydrogen-bond donors (Lipinski definition) is 0. The van der Waals surface area contributed by atoms with Crippen LogP contribution in [-0.2, 0) is 10.8 Å². The minimum atomic E-state index is -0.149. The largest absolute Gasteiger partial charge is 0.0888 e. The zero-order valence-corrected chi connectivity index (χ0v) is 36.9. The molecule has 0 nitrogen and oxygen atoms in total. The highest BCUT2D eigenvalue weighted by Crippen LogP contribution is 2.58. The maximum absolute atomic E-state index is 2.50. The van der Waals surface area contributed by atoms with Crippen LogP contribution in [0.3, 0.4) is 0 Å². The van der Waals surface area contributed by atoms with Crippen LogP contribution in [-0.4, -0.2) is 0 Å². The Labute approximate surface area is 372 Å². The molecule has 1 heteroatoms.